The van der Waals surface area contributed by atoms with Crippen molar-refractivity contribution in [3.05, 3.63) is 18.6 Å². The highest BCUT2D eigenvalue weighted by Crippen LogP contribution is 2.44. The number of anilines is 3. The van der Waals surface area contributed by atoms with Gasteiger partial charge in [-0.1, -0.05) is 11.8 Å². The summed E-state index contributed by atoms with van der Waals surface area (Å²) >= 11 is 1.55. The highest BCUT2D eigenvalue weighted by atomic mass is 32.2. The lowest BCUT2D eigenvalue weighted by atomic mass is 10.3. The molecule has 0 unspecified atom stereocenters. The van der Waals surface area contributed by atoms with Gasteiger partial charge in [0.2, 0.25) is 0 Å². The maximum atomic E-state index is 5.71. The van der Waals surface area contributed by atoms with Crippen molar-refractivity contribution in [1.82, 2.24) is 20.4 Å². The number of nitrogen functional groups attached to an aromatic ring is 1. The lowest BCUT2D eigenvalue weighted by Gasteiger charge is -2.19. The molecular weight excluding hydrogens is 212 g/mol. The highest BCUT2D eigenvalue weighted by Gasteiger charge is 2.18. The van der Waals surface area contributed by atoms with Gasteiger partial charge in [0, 0.05) is 0 Å². The average molecular weight is 218 g/mol. The van der Waals surface area contributed by atoms with Gasteiger partial charge in [-0.3, -0.25) is 0 Å². The van der Waals surface area contributed by atoms with Gasteiger partial charge in [-0.2, -0.15) is 15.3 Å². The van der Waals surface area contributed by atoms with E-state index in [1.165, 1.54) is 0 Å². The first kappa shape index (κ1) is 8.42. The molecule has 0 radical (unpaired) electrons. The summed E-state index contributed by atoms with van der Waals surface area (Å²) in [5.74, 6) is 0.391. The first-order valence-corrected chi connectivity index (χ1v) is 5.03. The van der Waals surface area contributed by atoms with E-state index in [2.05, 4.69) is 25.7 Å². The van der Waals surface area contributed by atoms with Crippen LogP contribution in [0.2, 0.25) is 0 Å². The Kier molecular flexibility index (Phi) is 1.72. The van der Waals surface area contributed by atoms with E-state index in [-0.39, 0.29) is 0 Å². The van der Waals surface area contributed by atoms with Crippen LogP contribution in [0.25, 0.3) is 0 Å². The average Bonchev–Trinajstić information content (AvgIpc) is 2.27. The minimum Gasteiger partial charge on any atom is -0.380 e. The van der Waals surface area contributed by atoms with Crippen molar-refractivity contribution in [2.75, 3.05) is 11.1 Å². The smallest absolute Gasteiger partial charge is 0.171 e. The molecule has 2 aromatic rings. The van der Waals surface area contributed by atoms with Crippen LogP contribution in [0.15, 0.2) is 28.4 Å². The fraction of sp³-hybridized carbons (Fsp3) is 0. The second-order valence-corrected chi connectivity index (χ2v) is 4.05. The Morgan fingerprint density at radius 2 is 1.87 bits per heavy atom. The van der Waals surface area contributed by atoms with Crippen LogP contribution in [0.4, 0.5) is 17.2 Å². The monoisotopic (exact) mass is 218 g/mol. The lowest BCUT2D eigenvalue weighted by molar-refractivity contribution is 0.980. The van der Waals surface area contributed by atoms with E-state index >= 15 is 0 Å². The van der Waals surface area contributed by atoms with E-state index in [1.54, 1.807) is 30.4 Å². The highest BCUT2D eigenvalue weighted by molar-refractivity contribution is 7.99. The molecule has 0 fully saturated rings. The molecule has 0 amide bonds. The van der Waals surface area contributed by atoms with Gasteiger partial charge in [0.05, 0.1) is 39.8 Å². The summed E-state index contributed by atoms with van der Waals surface area (Å²) in [5.41, 5.74) is 7.39. The number of hydrogen-bond donors (Lipinski definition) is 2. The van der Waals surface area contributed by atoms with Gasteiger partial charge in [-0.05, 0) is 0 Å². The third kappa shape index (κ3) is 1.28. The van der Waals surface area contributed by atoms with Crippen LogP contribution in [0, 0.1) is 0 Å². The molecule has 6 nitrogen and oxygen atoms in total. The molecule has 0 aliphatic carbocycles. The van der Waals surface area contributed by atoms with E-state index in [9.17, 15) is 0 Å². The minimum atomic E-state index is 0.391. The maximum absolute atomic E-state index is 5.71. The lowest BCUT2D eigenvalue weighted by Crippen LogP contribution is -2.06. The molecule has 15 heavy (non-hydrogen) atoms. The van der Waals surface area contributed by atoms with Gasteiger partial charge in [-0.15, -0.1) is 5.10 Å². The van der Waals surface area contributed by atoms with Gasteiger partial charge < -0.3 is 11.1 Å². The van der Waals surface area contributed by atoms with Crippen molar-refractivity contribution in [3.8, 4) is 0 Å². The molecule has 3 rings (SSSR count). The number of aromatic nitrogens is 4. The van der Waals surface area contributed by atoms with E-state index in [0.29, 0.717) is 5.82 Å². The number of fused-ring (bicyclic) bond motifs is 2. The Hall–Kier alpha value is -1.89. The van der Waals surface area contributed by atoms with Gasteiger partial charge in [-0.25, -0.2) is 0 Å². The molecule has 7 heteroatoms. The summed E-state index contributed by atoms with van der Waals surface area (Å²) < 4.78 is 0. The quantitative estimate of drug-likeness (QED) is 0.583. The first-order chi connectivity index (χ1) is 7.34. The van der Waals surface area contributed by atoms with Gasteiger partial charge in [0.1, 0.15) is 0 Å². The van der Waals surface area contributed by atoms with Crippen molar-refractivity contribution in [3.63, 3.8) is 0 Å². The largest absolute Gasteiger partial charge is 0.380 e. The van der Waals surface area contributed by atoms with E-state index < -0.39 is 0 Å². The Bertz CT molecular complexity index is 528. The molecular formula is C8H6N6S. The van der Waals surface area contributed by atoms with Crippen LogP contribution in [-0.2, 0) is 0 Å². The van der Waals surface area contributed by atoms with E-state index in [4.69, 9.17) is 5.73 Å². The molecule has 3 N–H and O–H groups in total. The molecule has 0 saturated carbocycles. The molecule has 1 aliphatic rings. The number of hydrogen-bond acceptors (Lipinski definition) is 7. The van der Waals surface area contributed by atoms with Crippen molar-refractivity contribution >= 4 is 29.0 Å². The third-order valence-electron chi connectivity index (χ3n) is 2.02. The minimum absolute atomic E-state index is 0.391. The van der Waals surface area contributed by atoms with Crippen LogP contribution in [0.3, 0.4) is 0 Å². The van der Waals surface area contributed by atoms with E-state index in [1.807, 2.05) is 0 Å². The van der Waals surface area contributed by atoms with Gasteiger partial charge in [0.25, 0.3) is 0 Å². The van der Waals surface area contributed by atoms with Crippen molar-refractivity contribution in [2.24, 2.45) is 0 Å². The summed E-state index contributed by atoms with van der Waals surface area (Å²) in [6, 6.07) is 0. The molecule has 0 spiro atoms. The van der Waals surface area contributed by atoms with Crippen LogP contribution >= 0.6 is 11.8 Å². The summed E-state index contributed by atoms with van der Waals surface area (Å²) in [4.78, 5) is 1.95. The fourth-order valence-electron chi connectivity index (χ4n) is 1.33. The summed E-state index contributed by atoms with van der Waals surface area (Å²) in [7, 11) is 0. The zero-order valence-corrected chi connectivity index (χ0v) is 8.32. The van der Waals surface area contributed by atoms with Crippen LogP contribution in [0.5, 0.6) is 0 Å². The second kappa shape index (κ2) is 3.06. The Morgan fingerprint density at radius 3 is 2.80 bits per heavy atom. The summed E-state index contributed by atoms with van der Waals surface area (Å²) in [6.45, 7) is 0. The Balaban J connectivity index is 2.15. The molecule has 0 saturated heterocycles. The maximum Gasteiger partial charge on any atom is 0.171 e. The fourth-order valence-corrected chi connectivity index (χ4v) is 2.23. The third-order valence-corrected chi connectivity index (χ3v) is 3.09. The molecule has 0 bridgehead atoms. The van der Waals surface area contributed by atoms with E-state index in [0.717, 1.165) is 21.2 Å². The van der Waals surface area contributed by atoms with Crippen LogP contribution < -0.4 is 11.1 Å². The van der Waals surface area contributed by atoms with Crippen molar-refractivity contribution in [1.29, 1.82) is 0 Å². The zero-order valence-electron chi connectivity index (χ0n) is 7.51. The van der Waals surface area contributed by atoms with Crippen molar-refractivity contribution < 1.29 is 0 Å². The van der Waals surface area contributed by atoms with Gasteiger partial charge >= 0.3 is 0 Å². The van der Waals surface area contributed by atoms with Crippen LogP contribution in [0.1, 0.15) is 0 Å². The standard InChI is InChI=1S/C8H6N6S/c9-8-7-6(3-12-14-8)15-5-2-11-10-1-4(5)13-7/h1-3,13H,(H2,9,14). The topological polar surface area (TPSA) is 89.6 Å². The predicted molar refractivity (Wildman–Crippen MR) is 55.9 cm³/mol. The first-order valence-electron chi connectivity index (χ1n) is 4.21. The molecule has 0 atom stereocenters. The molecule has 0 aromatic carbocycles. The zero-order chi connectivity index (χ0) is 10.3. The number of nitrogens with zero attached hydrogens (tertiary/aromatic N) is 4. The molecule has 74 valence electrons. The SMILES string of the molecule is Nc1nncc2c1Nc1cnncc1S2. The number of nitrogens with one attached hydrogen (secondary N) is 1. The summed E-state index contributed by atoms with van der Waals surface area (Å²) in [6.07, 6.45) is 5.03. The Labute approximate surface area is 89.3 Å². The van der Waals surface area contributed by atoms with Gasteiger partial charge in [0.15, 0.2) is 5.82 Å². The van der Waals surface area contributed by atoms with Crippen LogP contribution in [-0.4, -0.2) is 20.4 Å². The predicted octanol–water partition coefficient (Wildman–Crippen LogP) is 1.06. The number of nitrogens with two attached hydrogens (primary N) is 1. The molecule has 2 aromatic heterocycles. The normalized spacial score (nSPS) is 12.5. The molecule has 3 heterocycles. The second-order valence-electron chi connectivity index (χ2n) is 2.96. The summed E-state index contributed by atoms with van der Waals surface area (Å²) in [5, 5.41) is 18.4. The Morgan fingerprint density at radius 1 is 1.07 bits per heavy atom. The number of rotatable bonds is 0. The molecule has 1 aliphatic heterocycles. The van der Waals surface area contributed by atoms with Crippen molar-refractivity contribution in [2.45, 2.75) is 9.79 Å².